The van der Waals surface area contributed by atoms with Crippen molar-refractivity contribution in [2.75, 3.05) is 26.8 Å². The van der Waals surface area contributed by atoms with E-state index in [0.717, 1.165) is 22.4 Å². The van der Waals surface area contributed by atoms with Gasteiger partial charge in [-0.15, -0.1) is 0 Å². The number of pyridine rings is 1. The van der Waals surface area contributed by atoms with E-state index in [-0.39, 0.29) is 43.0 Å². The Morgan fingerprint density at radius 3 is 2.55 bits per heavy atom. The van der Waals surface area contributed by atoms with Crippen LogP contribution in [0.1, 0.15) is 21.8 Å². The fraction of sp³-hybridized carbons (Fsp3) is 0.269. The van der Waals surface area contributed by atoms with Crippen molar-refractivity contribution in [1.82, 2.24) is 14.8 Å². The first kappa shape index (κ1) is 21.2. The minimum absolute atomic E-state index is 0.0235. The van der Waals surface area contributed by atoms with Crippen molar-refractivity contribution in [3.63, 3.8) is 0 Å². The number of methoxy groups -OCH3 is 1. The van der Waals surface area contributed by atoms with E-state index >= 15 is 0 Å². The molecular weight excluding hydrogens is 418 g/mol. The lowest BCUT2D eigenvalue weighted by Crippen LogP contribution is -2.73. The third-order valence-corrected chi connectivity index (χ3v) is 6.67. The molecule has 3 heterocycles. The van der Waals surface area contributed by atoms with Gasteiger partial charge in [-0.1, -0.05) is 36.4 Å². The summed E-state index contributed by atoms with van der Waals surface area (Å²) >= 11 is 0. The maximum absolute atomic E-state index is 12.9. The summed E-state index contributed by atoms with van der Waals surface area (Å²) < 4.78 is 5.32. The second-order valence-electron chi connectivity index (χ2n) is 8.42. The van der Waals surface area contributed by atoms with Gasteiger partial charge in [0.1, 0.15) is 12.3 Å². The number of ether oxygens (including phenoxy) is 1. The molecule has 0 saturated carbocycles. The average molecular weight is 444 g/mol. The van der Waals surface area contributed by atoms with Crippen LogP contribution >= 0.6 is 0 Å². The number of hydrogen-bond acceptors (Lipinski definition) is 5. The highest BCUT2D eigenvalue weighted by Crippen LogP contribution is 2.43. The molecule has 7 nitrogen and oxygen atoms in total. The van der Waals surface area contributed by atoms with E-state index < -0.39 is 0 Å². The number of rotatable bonds is 5. The lowest BCUT2D eigenvalue weighted by atomic mass is 9.73. The van der Waals surface area contributed by atoms with Crippen LogP contribution in [0.5, 0.6) is 5.75 Å². The minimum atomic E-state index is -0.275. The molecule has 2 amide bonds. The Labute approximate surface area is 192 Å². The maximum atomic E-state index is 12.9. The molecule has 0 aliphatic carbocycles. The molecule has 7 heteroatoms. The predicted octanol–water partition coefficient (Wildman–Crippen LogP) is 2.57. The Hall–Kier alpha value is -3.71. The zero-order valence-corrected chi connectivity index (χ0v) is 18.3. The van der Waals surface area contributed by atoms with Crippen molar-refractivity contribution in [3.05, 3.63) is 84.2 Å². The molecule has 2 fully saturated rings. The lowest BCUT2D eigenvalue weighted by Gasteiger charge is -2.58. The van der Waals surface area contributed by atoms with Crippen molar-refractivity contribution in [3.8, 4) is 16.9 Å². The number of benzene rings is 2. The lowest BCUT2D eigenvalue weighted by molar-refractivity contribution is -0.159. The van der Waals surface area contributed by atoms with Crippen LogP contribution in [0.25, 0.3) is 11.1 Å². The van der Waals surface area contributed by atoms with Gasteiger partial charge < -0.3 is 19.6 Å². The molecule has 33 heavy (non-hydrogen) atoms. The van der Waals surface area contributed by atoms with Gasteiger partial charge in [-0.3, -0.25) is 14.6 Å². The molecule has 2 saturated heterocycles. The Morgan fingerprint density at radius 2 is 1.85 bits per heavy atom. The van der Waals surface area contributed by atoms with Crippen molar-refractivity contribution in [2.45, 2.75) is 18.0 Å². The maximum Gasteiger partial charge on any atom is 0.254 e. The first-order valence-electron chi connectivity index (χ1n) is 11.0. The number of aromatic nitrogens is 1. The summed E-state index contributed by atoms with van der Waals surface area (Å²) in [6.07, 6.45) is 3.15. The first-order chi connectivity index (χ1) is 16.1. The van der Waals surface area contributed by atoms with Crippen molar-refractivity contribution >= 4 is 11.8 Å². The van der Waals surface area contributed by atoms with Gasteiger partial charge in [-0.25, -0.2) is 0 Å². The van der Waals surface area contributed by atoms with E-state index in [2.05, 4.69) is 4.98 Å². The van der Waals surface area contributed by atoms with Gasteiger partial charge in [0.05, 0.1) is 25.8 Å². The van der Waals surface area contributed by atoms with E-state index in [1.165, 1.54) is 0 Å². The number of nitrogens with zero attached hydrogens (tertiary/aromatic N) is 3. The van der Waals surface area contributed by atoms with Crippen LogP contribution < -0.4 is 4.74 Å². The highest BCUT2D eigenvalue weighted by Gasteiger charge is 2.54. The second kappa shape index (κ2) is 8.67. The Morgan fingerprint density at radius 1 is 1.09 bits per heavy atom. The molecule has 0 radical (unpaired) electrons. The average Bonchev–Trinajstić information content (AvgIpc) is 2.85. The van der Waals surface area contributed by atoms with E-state index in [9.17, 15) is 14.7 Å². The number of fused-ring (bicyclic) bond motifs is 1. The summed E-state index contributed by atoms with van der Waals surface area (Å²) in [6, 6.07) is 19.0. The number of hydrogen-bond donors (Lipinski definition) is 1. The third kappa shape index (κ3) is 3.74. The summed E-state index contributed by atoms with van der Waals surface area (Å²) in [4.78, 5) is 33.1. The third-order valence-electron chi connectivity index (χ3n) is 6.67. The highest BCUT2D eigenvalue weighted by atomic mass is 16.5. The molecule has 1 N–H and O–H groups in total. The molecule has 3 aromatic rings. The van der Waals surface area contributed by atoms with E-state index in [4.69, 9.17) is 4.74 Å². The molecule has 5 rings (SSSR count). The monoisotopic (exact) mass is 443 g/mol. The fourth-order valence-corrected chi connectivity index (χ4v) is 5.03. The summed E-state index contributed by atoms with van der Waals surface area (Å²) in [5.41, 5.74) is 3.68. The van der Waals surface area contributed by atoms with E-state index in [0.29, 0.717) is 12.1 Å². The zero-order valence-electron chi connectivity index (χ0n) is 18.3. The number of aliphatic hydroxyl groups excluding tert-OH is 1. The number of carbonyl (C=O) groups excluding carboxylic acids is 2. The largest absolute Gasteiger partial charge is 0.497 e. The van der Waals surface area contributed by atoms with Crippen LogP contribution in [0, 0.1) is 0 Å². The van der Waals surface area contributed by atoms with Gasteiger partial charge in [0.15, 0.2) is 0 Å². The fourth-order valence-electron chi connectivity index (χ4n) is 5.03. The van der Waals surface area contributed by atoms with Crippen LogP contribution in [0.15, 0.2) is 73.1 Å². The molecule has 2 aromatic carbocycles. The number of carbonyl (C=O) groups is 2. The van der Waals surface area contributed by atoms with Gasteiger partial charge in [0.25, 0.3) is 5.91 Å². The van der Waals surface area contributed by atoms with Crippen LogP contribution in [-0.4, -0.2) is 70.6 Å². The molecule has 0 spiro atoms. The zero-order chi connectivity index (χ0) is 22.9. The summed E-state index contributed by atoms with van der Waals surface area (Å²) in [7, 11) is 1.65. The summed E-state index contributed by atoms with van der Waals surface area (Å²) in [5.74, 6) is 0.458. The van der Waals surface area contributed by atoms with Crippen molar-refractivity contribution in [2.24, 2.45) is 0 Å². The summed E-state index contributed by atoms with van der Waals surface area (Å²) in [5, 5.41) is 10.0. The Kier molecular flexibility index (Phi) is 5.56. The number of amides is 2. The quantitative estimate of drug-likeness (QED) is 0.655. The van der Waals surface area contributed by atoms with Crippen LogP contribution in [-0.2, 0) is 4.79 Å². The van der Waals surface area contributed by atoms with Gasteiger partial charge in [0.2, 0.25) is 5.91 Å². The summed E-state index contributed by atoms with van der Waals surface area (Å²) in [6.45, 7) is 0.351. The minimum Gasteiger partial charge on any atom is -0.497 e. The molecule has 3 atom stereocenters. The van der Waals surface area contributed by atoms with Gasteiger partial charge in [0, 0.05) is 30.4 Å². The normalized spacial score (nSPS) is 21.9. The molecular formula is C26H25N3O4. The first-order valence-corrected chi connectivity index (χ1v) is 11.0. The SMILES string of the molecule is COc1cccc(-c2ccc([C@@H]3[C@H](CO)N4C(=O)CN(C(=O)c5ccncc5)C[C@@H]34)cc2)c1. The standard InChI is InChI=1S/C26H25N3O4/c1-33-21-4-2-3-20(13-21)17-5-7-18(8-6-17)25-22-14-28(15-24(31)29(22)23(25)16-30)26(32)19-9-11-27-12-10-19/h2-13,22-23,25,30H,14-16H2,1H3/t22-,23-,25-/m0/s1. The predicted molar refractivity (Wildman–Crippen MR) is 123 cm³/mol. The smallest absolute Gasteiger partial charge is 0.254 e. The molecule has 2 aliphatic rings. The highest BCUT2D eigenvalue weighted by molar-refractivity contribution is 5.97. The molecule has 0 unspecified atom stereocenters. The topological polar surface area (TPSA) is 83.0 Å². The number of aliphatic hydroxyl groups is 1. The van der Waals surface area contributed by atoms with E-state index in [1.807, 2.05) is 48.5 Å². The molecule has 2 aliphatic heterocycles. The Bertz CT molecular complexity index is 1170. The molecule has 168 valence electrons. The molecule has 1 aromatic heterocycles. The van der Waals surface area contributed by atoms with Gasteiger partial charge >= 0.3 is 0 Å². The molecule has 0 bridgehead atoms. The van der Waals surface area contributed by atoms with Crippen molar-refractivity contribution < 1.29 is 19.4 Å². The van der Waals surface area contributed by atoms with Crippen molar-refractivity contribution in [1.29, 1.82) is 0 Å². The number of piperazine rings is 1. The van der Waals surface area contributed by atoms with E-state index in [1.54, 1.807) is 41.4 Å². The van der Waals surface area contributed by atoms with Crippen LogP contribution in [0.3, 0.4) is 0 Å². The second-order valence-corrected chi connectivity index (χ2v) is 8.42. The Balaban J connectivity index is 1.38. The van der Waals surface area contributed by atoms with Gasteiger partial charge in [-0.05, 0) is 41.0 Å². The van der Waals surface area contributed by atoms with Crippen LogP contribution in [0.2, 0.25) is 0 Å². The van der Waals surface area contributed by atoms with Gasteiger partial charge in [-0.2, -0.15) is 0 Å². The van der Waals surface area contributed by atoms with Crippen LogP contribution in [0.4, 0.5) is 0 Å².